The van der Waals surface area contributed by atoms with Crippen molar-refractivity contribution in [2.24, 2.45) is 5.92 Å². The van der Waals surface area contributed by atoms with E-state index in [4.69, 9.17) is 5.11 Å². The third-order valence-corrected chi connectivity index (χ3v) is 6.48. The van der Waals surface area contributed by atoms with Crippen LogP contribution in [-0.2, 0) is 17.6 Å². The number of benzene rings is 1. The van der Waals surface area contributed by atoms with Crippen molar-refractivity contribution >= 4 is 18.4 Å². The second kappa shape index (κ2) is 9.79. The maximum atomic E-state index is 13.2. The Morgan fingerprint density at radius 1 is 1.17 bits per heavy atom. The Labute approximate surface area is 182 Å². The standard InChI is InChI=1S/C22H30N4O3.ClH/c1-15-24-26(19-6-2-16(3-7-19)4-9-21(27)28)22(29)25(15)20-8-5-17-10-12-23-13-11-18(17)14-20;/h5,8,14,16,19,23H,2-4,6-7,9-13H2,1H3,(H,27,28);1H/t16-,19-;. The van der Waals surface area contributed by atoms with Gasteiger partial charge in [-0.2, -0.15) is 5.10 Å². The van der Waals surface area contributed by atoms with E-state index in [2.05, 4.69) is 22.5 Å². The first kappa shape index (κ1) is 22.6. The summed E-state index contributed by atoms with van der Waals surface area (Å²) in [5.41, 5.74) is 3.50. The molecular weight excluding hydrogens is 404 g/mol. The highest BCUT2D eigenvalue weighted by atomic mass is 35.5. The molecule has 2 aromatic rings. The van der Waals surface area contributed by atoms with Crippen molar-refractivity contribution < 1.29 is 9.90 Å². The van der Waals surface area contributed by atoms with Crippen LogP contribution < -0.4 is 11.0 Å². The van der Waals surface area contributed by atoms with Gasteiger partial charge in [0.15, 0.2) is 0 Å². The first-order valence-corrected chi connectivity index (χ1v) is 10.8. The van der Waals surface area contributed by atoms with E-state index in [9.17, 15) is 9.59 Å². The van der Waals surface area contributed by atoms with Gasteiger partial charge in [-0.15, -0.1) is 12.4 Å². The molecule has 0 spiro atoms. The minimum absolute atomic E-state index is 0. The summed E-state index contributed by atoms with van der Waals surface area (Å²) >= 11 is 0. The molecule has 1 aromatic heterocycles. The summed E-state index contributed by atoms with van der Waals surface area (Å²) < 4.78 is 3.39. The van der Waals surface area contributed by atoms with E-state index in [1.807, 2.05) is 13.0 Å². The zero-order valence-electron chi connectivity index (χ0n) is 17.5. The van der Waals surface area contributed by atoms with E-state index < -0.39 is 5.97 Å². The van der Waals surface area contributed by atoms with Gasteiger partial charge in [0.05, 0.1) is 11.7 Å². The van der Waals surface area contributed by atoms with Gasteiger partial charge in [-0.1, -0.05) is 6.07 Å². The second-order valence-corrected chi connectivity index (χ2v) is 8.42. The summed E-state index contributed by atoms with van der Waals surface area (Å²) in [6.07, 6.45) is 6.65. The van der Waals surface area contributed by atoms with E-state index >= 15 is 0 Å². The molecular formula is C22H31ClN4O3. The number of halogens is 1. The lowest BCUT2D eigenvalue weighted by atomic mass is 9.83. The quantitative estimate of drug-likeness (QED) is 0.754. The zero-order valence-corrected chi connectivity index (χ0v) is 18.3. The number of nitrogens with zero attached hydrogens (tertiary/aromatic N) is 3. The lowest BCUT2D eigenvalue weighted by Crippen LogP contribution is -2.30. The van der Waals surface area contributed by atoms with Crippen LogP contribution >= 0.6 is 12.4 Å². The molecule has 1 saturated carbocycles. The predicted molar refractivity (Wildman–Crippen MR) is 118 cm³/mol. The first-order valence-electron chi connectivity index (χ1n) is 10.8. The van der Waals surface area contributed by atoms with E-state index in [0.29, 0.717) is 5.92 Å². The summed E-state index contributed by atoms with van der Waals surface area (Å²) in [6.45, 7) is 3.86. The molecule has 30 heavy (non-hydrogen) atoms. The molecule has 1 aliphatic heterocycles. The van der Waals surface area contributed by atoms with Crippen LogP contribution in [0.3, 0.4) is 0 Å². The van der Waals surface area contributed by atoms with Crippen molar-refractivity contribution in [2.75, 3.05) is 13.1 Å². The van der Waals surface area contributed by atoms with Crippen LogP contribution in [0.5, 0.6) is 0 Å². The Morgan fingerprint density at radius 2 is 1.87 bits per heavy atom. The van der Waals surface area contributed by atoms with Crippen molar-refractivity contribution in [3.05, 3.63) is 45.6 Å². The number of fused-ring (bicyclic) bond motifs is 1. The molecule has 0 bridgehead atoms. The summed E-state index contributed by atoms with van der Waals surface area (Å²) in [5.74, 6) is 0.434. The average molecular weight is 435 g/mol. The fourth-order valence-electron chi connectivity index (χ4n) is 4.82. The summed E-state index contributed by atoms with van der Waals surface area (Å²) in [5, 5.41) is 16.9. The van der Waals surface area contributed by atoms with Crippen LogP contribution in [0.15, 0.2) is 23.0 Å². The van der Waals surface area contributed by atoms with Crippen LogP contribution in [0.1, 0.15) is 61.5 Å². The number of rotatable bonds is 5. The van der Waals surface area contributed by atoms with Gasteiger partial charge in [0.25, 0.3) is 0 Å². The molecule has 1 aromatic carbocycles. The number of carboxylic acids is 1. The Morgan fingerprint density at radius 3 is 2.57 bits per heavy atom. The highest BCUT2D eigenvalue weighted by Gasteiger charge is 2.26. The number of aryl methyl sites for hydroxylation is 1. The Hall–Kier alpha value is -2.12. The van der Waals surface area contributed by atoms with Crippen LogP contribution in [0.4, 0.5) is 0 Å². The third-order valence-electron chi connectivity index (χ3n) is 6.48. The number of carbonyl (C=O) groups is 1. The van der Waals surface area contributed by atoms with Crippen molar-refractivity contribution in [2.45, 2.75) is 64.3 Å². The second-order valence-electron chi connectivity index (χ2n) is 8.42. The zero-order chi connectivity index (χ0) is 20.4. The van der Waals surface area contributed by atoms with Gasteiger partial charge in [0, 0.05) is 6.42 Å². The molecule has 2 aliphatic rings. The number of aromatic nitrogens is 3. The Bertz CT molecular complexity index is 944. The van der Waals surface area contributed by atoms with Crippen LogP contribution in [0.2, 0.25) is 0 Å². The summed E-state index contributed by atoms with van der Waals surface area (Å²) in [6, 6.07) is 6.43. The van der Waals surface area contributed by atoms with E-state index in [1.54, 1.807) is 9.25 Å². The molecule has 2 heterocycles. The van der Waals surface area contributed by atoms with Gasteiger partial charge >= 0.3 is 11.7 Å². The molecule has 0 radical (unpaired) electrons. The fourth-order valence-corrected chi connectivity index (χ4v) is 4.82. The van der Waals surface area contributed by atoms with Gasteiger partial charge in [-0.25, -0.2) is 14.0 Å². The predicted octanol–water partition coefficient (Wildman–Crippen LogP) is 3.05. The molecule has 1 fully saturated rings. The number of carboxylic acid groups (broad SMARTS) is 1. The van der Waals surface area contributed by atoms with E-state index in [0.717, 1.165) is 69.5 Å². The molecule has 7 nitrogen and oxygen atoms in total. The normalized spacial score (nSPS) is 21.4. The number of aliphatic carboxylic acids is 1. The minimum atomic E-state index is -0.728. The molecule has 2 N–H and O–H groups in total. The van der Waals surface area contributed by atoms with E-state index in [1.165, 1.54) is 11.1 Å². The molecule has 1 aliphatic carbocycles. The average Bonchev–Trinajstić information content (AvgIpc) is 2.87. The molecule has 0 amide bonds. The highest BCUT2D eigenvalue weighted by molar-refractivity contribution is 5.85. The molecule has 0 unspecified atom stereocenters. The van der Waals surface area contributed by atoms with Crippen molar-refractivity contribution in [1.29, 1.82) is 0 Å². The van der Waals surface area contributed by atoms with Crippen molar-refractivity contribution in [3.8, 4) is 5.69 Å². The van der Waals surface area contributed by atoms with Gasteiger partial charge in [0.1, 0.15) is 5.82 Å². The Balaban J connectivity index is 0.00000256. The van der Waals surface area contributed by atoms with Gasteiger partial charge in [-0.05, 0) is 94.1 Å². The monoisotopic (exact) mass is 434 g/mol. The smallest absolute Gasteiger partial charge is 0.350 e. The first-order chi connectivity index (χ1) is 14.0. The molecule has 8 heteroatoms. The van der Waals surface area contributed by atoms with Crippen LogP contribution in [0, 0.1) is 12.8 Å². The fraction of sp³-hybridized carbons (Fsp3) is 0.591. The lowest BCUT2D eigenvalue weighted by Gasteiger charge is -2.27. The van der Waals surface area contributed by atoms with Crippen LogP contribution in [0.25, 0.3) is 5.69 Å². The highest BCUT2D eigenvalue weighted by Crippen LogP contribution is 2.33. The number of nitrogens with one attached hydrogen (secondary N) is 1. The lowest BCUT2D eigenvalue weighted by molar-refractivity contribution is -0.137. The third kappa shape index (κ3) is 4.78. The van der Waals surface area contributed by atoms with Crippen LogP contribution in [-0.4, -0.2) is 38.5 Å². The Kier molecular flexibility index (Phi) is 7.36. The molecule has 0 saturated heterocycles. The molecule has 4 rings (SSSR count). The maximum Gasteiger partial charge on any atom is 0.350 e. The minimum Gasteiger partial charge on any atom is -0.481 e. The summed E-state index contributed by atoms with van der Waals surface area (Å²) in [7, 11) is 0. The molecule has 0 atom stereocenters. The SMILES string of the molecule is Cc1nn([C@H]2CC[C@H](CCC(=O)O)CC2)c(=O)n1-c1ccc2c(c1)CCNCC2.Cl. The van der Waals surface area contributed by atoms with Crippen molar-refractivity contribution in [3.63, 3.8) is 0 Å². The van der Waals surface area contributed by atoms with Gasteiger partial charge in [-0.3, -0.25) is 4.79 Å². The number of hydrogen-bond donors (Lipinski definition) is 2. The van der Waals surface area contributed by atoms with E-state index in [-0.39, 0.29) is 30.6 Å². The summed E-state index contributed by atoms with van der Waals surface area (Å²) in [4.78, 5) is 24.0. The molecule has 164 valence electrons. The maximum absolute atomic E-state index is 13.2. The van der Waals surface area contributed by atoms with Crippen molar-refractivity contribution in [1.82, 2.24) is 19.7 Å². The largest absolute Gasteiger partial charge is 0.481 e. The van der Waals surface area contributed by atoms with Gasteiger partial charge < -0.3 is 10.4 Å². The topological polar surface area (TPSA) is 89.2 Å². The number of hydrogen-bond acceptors (Lipinski definition) is 4. The van der Waals surface area contributed by atoms with Gasteiger partial charge in [0.2, 0.25) is 0 Å².